The smallest absolute Gasteiger partial charge is 0.227 e. The molecule has 1 aliphatic rings. The largest absolute Gasteiger partial charge is 0.326 e. The molecule has 0 unspecified atom stereocenters. The molecular formula is C14H15F2NO. The molecule has 4 heteroatoms. The Morgan fingerprint density at radius 3 is 2.50 bits per heavy atom. The van der Waals surface area contributed by atoms with Crippen LogP contribution in [0.25, 0.3) is 0 Å². The zero-order valence-corrected chi connectivity index (χ0v) is 10.0. The van der Waals surface area contributed by atoms with Crippen LogP contribution in [-0.2, 0) is 4.79 Å². The van der Waals surface area contributed by atoms with Crippen LogP contribution in [0.4, 0.5) is 14.5 Å². The second-order valence-corrected chi connectivity index (χ2v) is 4.64. The Bertz CT molecular complexity index is 475. The van der Waals surface area contributed by atoms with E-state index in [1.807, 2.05) is 0 Å². The summed E-state index contributed by atoms with van der Waals surface area (Å²) >= 11 is 0. The Morgan fingerprint density at radius 1 is 1.22 bits per heavy atom. The average molecular weight is 251 g/mol. The summed E-state index contributed by atoms with van der Waals surface area (Å²) in [7, 11) is 0. The molecule has 1 amide bonds. The highest BCUT2D eigenvalue weighted by molar-refractivity contribution is 5.92. The van der Waals surface area contributed by atoms with E-state index in [0.717, 1.165) is 37.8 Å². The SMILES string of the molecule is C=C1CCC(C(=O)Nc2ccc(F)c(F)c2)CC1. The second-order valence-electron chi connectivity index (χ2n) is 4.64. The molecule has 0 spiro atoms. The quantitative estimate of drug-likeness (QED) is 0.799. The molecule has 0 radical (unpaired) electrons. The molecule has 0 aliphatic heterocycles. The maximum absolute atomic E-state index is 13.0. The van der Waals surface area contributed by atoms with E-state index in [9.17, 15) is 13.6 Å². The number of halogens is 2. The van der Waals surface area contributed by atoms with E-state index >= 15 is 0 Å². The van der Waals surface area contributed by atoms with Crippen LogP contribution < -0.4 is 5.32 Å². The van der Waals surface area contributed by atoms with Crippen LogP contribution in [0.5, 0.6) is 0 Å². The van der Waals surface area contributed by atoms with E-state index in [1.165, 1.54) is 11.6 Å². The zero-order valence-electron chi connectivity index (χ0n) is 10.0. The lowest BCUT2D eigenvalue weighted by Crippen LogP contribution is -2.25. The van der Waals surface area contributed by atoms with Gasteiger partial charge in [0.15, 0.2) is 11.6 Å². The van der Waals surface area contributed by atoms with Crippen molar-refractivity contribution in [3.05, 3.63) is 42.0 Å². The number of nitrogens with one attached hydrogen (secondary N) is 1. The normalized spacial score (nSPS) is 16.7. The molecule has 2 nitrogen and oxygen atoms in total. The van der Waals surface area contributed by atoms with Crippen LogP contribution in [0.2, 0.25) is 0 Å². The Balaban J connectivity index is 1.98. The van der Waals surface area contributed by atoms with E-state index < -0.39 is 11.6 Å². The van der Waals surface area contributed by atoms with Gasteiger partial charge in [-0.2, -0.15) is 0 Å². The van der Waals surface area contributed by atoms with Crippen molar-refractivity contribution in [2.24, 2.45) is 5.92 Å². The molecule has 18 heavy (non-hydrogen) atoms. The van der Waals surface area contributed by atoms with Gasteiger partial charge in [-0.25, -0.2) is 8.78 Å². The van der Waals surface area contributed by atoms with Crippen LogP contribution in [0.3, 0.4) is 0 Å². The summed E-state index contributed by atoms with van der Waals surface area (Å²) < 4.78 is 25.7. The lowest BCUT2D eigenvalue weighted by Gasteiger charge is -2.22. The van der Waals surface area contributed by atoms with Gasteiger partial charge in [-0.15, -0.1) is 0 Å². The first-order valence-electron chi connectivity index (χ1n) is 5.99. The average Bonchev–Trinajstić information content (AvgIpc) is 2.34. The molecule has 0 bridgehead atoms. The Hall–Kier alpha value is -1.71. The third-order valence-electron chi connectivity index (χ3n) is 3.25. The highest BCUT2D eigenvalue weighted by Gasteiger charge is 2.22. The lowest BCUT2D eigenvalue weighted by atomic mass is 9.86. The van der Waals surface area contributed by atoms with E-state index in [-0.39, 0.29) is 11.8 Å². The van der Waals surface area contributed by atoms with Crippen molar-refractivity contribution in [1.29, 1.82) is 0 Å². The van der Waals surface area contributed by atoms with Crippen LogP contribution >= 0.6 is 0 Å². The minimum atomic E-state index is -0.954. The summed E-state index contributed by atoms with van der Waals surface area (Å²) in [6.45, 7) is 3.89. The number of hydrogen-bond donors (Lipinski definition) is 1. The summed E-state index contributed by atoms with van der Waals surface area (Å²) in [5, 5.41) is 2.62. The maximum Gasteiger partial charge on any atom is 0.227 e. The van der Waals surface area contributed by atoms with Gasteiger partial charge in [-0.05, 0) is 37.8 Å². The number of carbonyl (C=O) groups excluding carboxylic acids is 1. The van der Waals surface area contributed by atoms with Crippen LogP contribution in [0.15, 0.2) is 30.4 Å². The number of rotatable bonds is 2. The molecule has 2 rings (SSSR count). The molecule has 1 fully saturated rings. The fourth-order valence-corrected chi connectivity index (χ4v) is 2.11. The predicted octanol–water partition coefficient (Wildman–Crippen LogP) is 3.65. The minimum absolute atomic E-state index is 0.0661. The molecule has 1 aliphatic carbocycles. The Morgan fingerprint density at radius 2 is 1.89 bits per heavy atom. The molecule has 0 aromatic heterocycles. The fourth-order valence-electron chi connectivity index (χ4n) is 2.11. The molecule has 1 aromatic carbocycles. The van der Waals surface area contributed by atoms with Gasteiger partial charge in [0, 0.05) is 17.7 Å². The predicted molar refractivity (Wildman–Crippen MR) is 66.1 cm³/mol. The summed E-state index contributed by atoms with van der Waals surface area (Å²) in [5.41, 5.74) is 1.47. The number of amides is 1. The summed E-state index contributed by atoms with van der Waals surface area (Å²) in [4.78, 5) is 11.9. The van der Waals surface area contributed by atoms with Crippen molar-refractivity contribution in [3.63, 3.8) is 0 Å². The third-order valence-corrected chi connectivity index (χ3v) is 3.25. The van der Waals surface area contributed by atoms with E-state index in [1.54, 1.807) is 0 Å². The monoisotopic (exact) mass is 251 g/mol. The molecule has 0 atom stereocenters. The number of allylic oxidation sites excluding steroid dienone is 1. The van der Waals surface area contributed by atoms with Crippen molar-refractivity contribution in [3.8, 4) is 0 Å². The van der Waals surface area contributed by atoms with Crippen LogP contribution in [0, 0.1) is 17.6 Å². The third kappa shape index (κ3) is 2.94. The lowest BCUT2D eigenvalue weighted by molar-refractivity contribution is -0.120. The van der Waals surface area contributed by atoms with Gasteiger partial charge in [0.05, 0.1) is 0 Å². The Kier molecular flexibility index (Phi) is 3.75. The number of benzene rings is 1. The van der Waals surface area contributed by atoms with Crippen molar-refractivity contribution in [2.75, 3.05) is 5.32 Å². The van der Waals surface area contributed by atoms with Crippen molar-refractivity contribution >= 4 is 11.6 Å². The van der Waals surface area contributed by atoms with Gasteiger partial charge >= 0.3 is 0 Å². The van der Waals surface area contributed by atoms with Gasteiger partial charge in [0.2, 0.25) is 5.91 Å². The summed E-state index contributed by atoms with van der Waals surface area (Å²) in [5.74, 6) is -2.07. The molecule has 1 aromatic rings. The van der Waals surface area contributed by atoms with Crippen molar-refractivity contribution in [2.45, 2.75) is 25.7 Å². The summed E-state index contributed by atoms with van der Waals surface area (Å²) in [6.07, 6.45) is 3.26. The maximum atomic E-state index is 13.0. The van der Waals surface area contributed by atoms with E-state index in [0.29, 0.717) is 5.69 Å². The van der Waals surface area contributed by atoms with Gasteiger partial charge in [-0.1, -0.05) is 12.2 Å². The molecule has 0 saturated heterocycles. The Labute approximate surface area is 105 Å². The first-order chi connectivity index (χ1) is 8.56. The molecule has 0 heterocycles. The van der Waals surface area contributed by atoms with Gasteiger partial charge in [0.1, 0.15) is 0 Å². The number of hydrogen-bond acceptors (Lipinski definition) is 1. The fraction of sp³-hybridized carbons (Fsp3) is 0.357. The van der Waals surface area contributed by atoms with E-state index in [4.69, 9.17) is 0 Å². The first kappa shape index (κ1) is 12.7. The molecule has 1 N–H and O–H groups in total. The number of carbonyl (C=O) groups is 1. The van der Waals surface area contributed by atoms with Crippen LogP contribution in [-0.4, -0.2) is 5.91 Å². The van der Waals surface area contributed by atoms with Gasteiger partial charge < -0.3 is 5.32 Å². The standard InChI is InChI=1S/C14H15F2NO/c1-9-2-4-10(5-3-9)14(18)17-11-6-7-12(15)13(16)8-11/h6-8,10H,1-5H2,(H,17,18). The first-order valence-corrected chi connectivity index (χ1v) is 5.99. The van der Waals surface area contributed by atoms with Crippen LogP contribution in [0.1, 0.15) is 25.7 Å². The minimum Gasteiger partial charge on any atom is -0.326 e. The highest BCUT2D eigenvalue weighted by Crippen LogP contribution is 2.28. The van der Waals surface area contributed by atoms with Gasteiger partial charge in [0.25, 0.3) is 0 Å². The summed E-state index contributed by atoms with van der Waals surface area (Å²) in [6, 6.07) is 3.36. The van der Waals surface area contributed by atoms with Crippen molar-refractivity contribution in [1.82, 2.24) is 0 Å². The second kappa shape index (κ2) is 5.29. The van der Waals surface area contributed by atoms with Gasteiger partial charge in [-0.3, -0.25) is 4.79 Å². The highest BCUT2D eigenvalue weighted by atomic mass is 19.2. The zero-order chi connectivity index (χ0) is 13.1. The molecule has 1 saturated carbocycles. The van der Waals surface area contributed by atoms with E-state index in [2.05, 4.69) is 11.9 Å². The number of anilines is 1. The molecular weight excluding hydrogens is 236 g/mol. The topological polar surface area (TPSA) is 29.1 Å². The van der Waals surface area contributed by atoms with Crippen molar-refractivity contribution < 1.29 is 13.6 Å². The molecule has 96 valence electrons.